The monoisotopic (exact) mass is 246 g/mol. The maximum atomic E-state index is 6.00. The van der Waals surface area contributed by atoms with E-state index in [1.807, 2.05) is 6.07 Å². The van der Waals surface area contributed by atoms with E-state index in [0.717, 1.165) is 18.7 Å². The van der Waals surface area contributed by atoms with Crippen LogP contribution in [0.5, 0.6) is 0 Å². The molecule has 1 N–H and O–H groups in total. The van der Waals surface area contributed by atoms with Gasteiger partial charge in [0.05, 0.1) is 31.8 Å². The lowest BCUT2D eigenvalue weighted by Gasteiger charge is -2.31. The number of nitrogens with zero attached hydrogens (tertiary/aromatic N) is 2. The first-order valence-corrected chi connectivity index (χ1v) is 6.59. The Bertz CT molecular complexity index is 561. The summed E-state index contributed by atoms with van der Waals surface area (Å²) in [7, 11) is 2.19. The van der Waals surface area contributed by atoms with Crippen LogP contribution in [0.25, 0.3) is 10.9 Å². The first-order chi connectivity index (χ1) is 8.68. The molecule has 2 heterocycles. The molecule has 4 nitrogen and oxygen atoms in total. The molecule has 3 rings (SSSR count). The van der Waals surface area contributed by atoms with Gasteiger partial charge in [-0.05, 0) is 19.9 Å². The summed E-state index contributed by atoms with van der Waals surface area (Å²) < 4.78 is 8.11. The van der Waals surface area contributed by atoms with Crippen molar-refractivity contribution in [1.82, 2.24) is 9.78 Å². The fourth-order valence-corrected chi connectivity index (χ4v) is 2.53. The Morgan fingerprint density at radius 1 is 1.39 bits per heavy atom. The Balaban J connectivity index is 2.14. The van der Waals surface area contributed by atoms with Gasteiger partial charge in [0.15, 0.2) is 0 Å². The Morgan fingerprint density at radius 2 is 2.17 bits per heavy atom. The number of ether oxygens (including phenoxy) is 1. The highest BCUT2D eigenvalue weighted by molar-refractivity contribution is 5.81. The van der Waals surface area contributed by atoms with Crippen molar-refractivity contribution in [3.8, 4) is 0 Å². The number of fused-ring (bicyclic) bond motifs is 3. The molecule has 0 fully saturated rings. The number of benzene rings is 1. The zero-order valence-corrected chi connectivity index (χ0v) is 11.2. The standard InChI is InChI=1S/C14H19N3O/c1-10(2)16(3)14-13-11-6-4-5-7-12(11)15-17(13)8-9-18-14/h4-7,10,14H,8-9H2,1-3H3/p+1. The summed E-state index contributed by atoms with van der Waals surface area (Å²) in [6.45, 7) is 6.04. The van der Waals surface area contributed by atoms with Crippen LogP contribution in [0.3, 0.4) is 0 Å². The molecule has 96 valence electrons. The molecule has 0 saturated carbocycles. The van der Waals surface area contributed by atoms with Crippen LogP contribution in [0, 0.1) is 0 Å². The minimum atomic E-state index is 0.0890. The van der Waals surface area contributed by atoms with Gasteiger partial charge in [0, 0.05) is 5.39 Å². The molecule has 18 heavy (non-hydrogen) atoms. The van der Waals surface area contributed by atoms with Crippen molar-refractivity contribution >= 4 is 10.9 Å². The second kappa shape index (κ2) is 4.37. The molecule has 4 heteroatoms. The van der Waals surface area contributed by atoms with Crippen LogP contribution >= 0.6 is 0 Å². The highest BCUT2D eigenvalue weighted by atomic mass is 16.5. The second-order valence-electron chi connectivity index (χ2n) is 5.28. The molecule has 0 radical (unpaired) electrons. The molecule has 0 bridgehead atoms. The lowest BCUT2D eigenvalue weighted by atomic mass is 10.1. The van der Waals surface area contributed by atoms with Crippen molar-refractivity contribution < 1.29 is 9.64 Å². The van der Waals surface area contributed by atoms with Gasteiger partial charge < -0.3 is 9.64 Å². The van der Waals surface area contributed by atoms with E-state index < -0.39 is 0 Å². The zero-order chi connectivity index (χ0) is 12.7. The molecule has 0 saturated heterocycles. The predicted molar refractivity (Wildman–Crippen MR) is 70.4 cm³/mol. The lowest BCUT2D eigenvalue weighted by Crippen LogP contribution is -3.13. The fourth-order valence-electron chi connectivity index (χ4n) is 2.53. The number of rotatable bonds is 2. The third kappa shape index (κ3) is 1.72. The second-order valence-corrected chi connectivity index (χ2v) is 5.28. The van der Waals surface area contributed by atoms with Gasteiger partial charge in [0.25, 0.3) is 0 Å². The minimum absolute atomic E-state index is 0.0890. The van der Waals surface area contributed by atoms with Crippen LogP contribution < -0.4 is 4.90 Å². The van der Waals surface area contributed by atoms with Gasteiger partial charge in [-0.3, -0.25) is 4.68 Å². The van der Waals surface area contributed by atoms with Gasteiger partial charge in [-0.25, -0.2) is 0 Å². The Hall–Kier alpha value is -1.39. The summed E-state index contributed by atoms with van der Waals surface area (Å²) in [5.41, 5.74) is 2.29. The zero-order valence-electron chi connectivity index (χ0n) is 11.2. The Morgan fingerprint density at radius 3 is 2.94 bits per heavy atom. The van der Waals surface area contributed by atoms with Crippen molar-refractivity contribution in [1.29, 1.82) is 0 Å². The van der Waals surface area contributed by atoms with Crippen molar-refractivity contribution in [3.63, 3.8) is 0 Å². The predicted octanol–water partition coefficient (Wildman–Crippen LogP) is 0.988. The smallest absolute Gasteiger partial charge is 0.236 e. The molecule has 1 aliphatic heterocycles. The molecule has 1 aromatic carbocycles. The molecule has 1 aliphatic rings. The summed E-state index contributed by atoms with van der Waals surface area (Å²) in [6.07, 6.45) is 0.0890. The summed E-state index contributed by atoms with van der Waals surface area (Å²) in [4.78, 5) is 1.38. The van der Waals surface area contributed by atoms with E-state index >= 15 is 0 Å². The van der Waals surface area contributed by atoms with Crippen LogP contribution in [-0.2, 0) is 11.3 Å². The average Bonchev–Trinajstić information content (AvgIpc) is 2.76. The van der Waals surface area contributed by atoms with Crippen LogP contribution in [0.2, 0.25) is 0 Å². The third-order valence-electron chi connectivity index (χ3n) is 3.85. The van der Waals surface area contributed by atoms with E-state index in [0.29, 0.717) is 6.04 Å². The molecule has 0 amide bonds. The third-order valence-corrected chi connectivity index (χ3v) is 3.85. The summed E-state index contributed by atoms with van der Waals surface area (Å²) >= 11 is 0. The molecule has 2 unspecified atom stereocenters. The maximum Gasteiger partial charge on any atom is 0.236 e. The first kappa shape index (κ1) is 11.7. The highest BCUT2D eigenvalue weighted by Crippen LogP contribution is 2.26. The molecular formula is C14H20N3O+. The van der Waals surface area contributed by atoms with E-state index in [9.17, 15) is 0 Å². The molecule has 2 aromatic rings. The molecular weight excluding hydrogens is 226 g/mol. The summed E-state index contributed by atoms with van der Waals surface area (Å²) in [5, 5.41) is 5.89. The van der Waals surface area contributed by atoms with Crippen LogP contribution in [0.15, 0.2) is 24.3 Å². The molecule has 1 aromatic heterocycles. The number of aromatic nitrogens is 2. The summed E-state index contributed by atoms with van der Waals surface area (Å²) in [5.74, 6) is 0. The van der Waals surface area contributed by atoms with E-state index in [4.69, 9.17) is 4.74 Å². The van der Waals surface area contributed by atoms with E-state index in [2.05, 4.69) is 48.9 Å². The Labute approximate surface area is 107 Å². The largest absolute Gasteiger partial charge is 0.322 e. The van der Waals surface area contributed by atoms with E-state index in [1.165, 1.54) is 16.0 Å². The number of hydrogen-bond donors (Lipinski definition) is 1. The molecule has 0 aliphatic carbocycles. The van der Waals surface area contributed by atoms with Crippen LogP contribution in [0.4, 0.5) is 0 Å². The maximum absolute atomic E-state index is 6.00. The minimum Gasteiger partial charge on any atom is -0.322 e. The van der Waals surface area contributed by atoms with Gasteiger partial charge in [0.1, 0.15) is 5.69 Å². The van der Waals surface area contributed by atoms with Gasteiger partial charge in [-0.15, -0.1) is 0 Å². The fraction of sp³-hybridized carbons (Fsp3) is 0.500. The SMILES string of the molecule is CC(C)[NH+](C)C1OCCn2nc3ccccc3c21. The number of hydrogen-bond acceptors (Lipinski definition) is 2. The van der Waals surface area contributed by atoms with Crippen LogP contribution in [-0.4, -0.2) is 29.5 Å². The lowest BCUT2D eigenvalue weighted by molar-refractivity contribution is -0.958. The highest BCUT2D eigenvalue weighted by Gasteiger charge is 2.32. The average molecular weight is 246 g/mol. The normalized spacial score (nSPS) is 21.2. The van der Waals surface area contributed by atoms with Crippen LogP contribution in [0.1, 0.15) is 25.8 Å². The molecule has 2 atom stereocenters. The van der Waals surface area contributed by atoms with Crippen molar-refractivity contribution in [2.24, 2.45) is 0 Å². The quantitative estimate of drug-likeness (QED) is 0.857. The van der Waals surface area contributed by atoms with Crippen molar-refractivity contribution in [3.05, 3.63) is 30.0 Å². The topological polar surface area (TPSA) is 31.5 Å². The number of quaternary nitrogens is 1. The van der Waals surface area contributed by atoms with E-state index in [1.54, 1.807) is 0 Å². The van der Waals surface area contributed by atoms with Crippen molar-refractivity contribution in [2.45, 2.75) is 32.7 Å². The Kier molecular flexibility index (Phi) is 2.84. The number of nitrogens with one attached hydrogen (secondary N) is 1. The van der Waals surface area contributed by atoms with E-state index in [-0.39, 0.29) is 6.23 Å². The van der Waals surface area contributed by atoms with Crippen molar-refractivity contribution in [2.75, 3.05) is 13.7 Å². The van der Waals surface area contributed by atoms with Gasteiger partial charge in [-0.2, -0.15) is 5.10 Å². The van der Waals surface area contributed by atoms with Gasteiger partial charge >= 0.3 is 0 Å². The first-order valence-electron chi connectivity index (χ1n) is 6.59. The van der Waals surface area contributed by atoms with Gasteiger partial charge in [0.2, 0.25) is 6.23 Å². The van der Waals surface area contributed by atoms with Gasteiger partial charge in [-0.1, -0.05) is 18.2 Å². The molecule has 0 spiro atoms. The summed E-state index contributed by atoms with van der Waals surface area (Å²) in [6, 6.07) is 8.85.